The van der Waals surface area contributed by atoms with Crippen molar-refractivity contribution in [1.29, 1.82) is 0 Å². The van der Waals surface area contributed by atoms with Crippen molar-refractivity contribution in [2.75, 3.05) is 0 Å². The smallest absolute Gasteiger partial charge is 0.147 e. The molecule has 0 rings (SSSR count). The zero-order valence-corrected chi connectivity index (χ0v) is 5.27. The average molecular weight is 113 g/mol. The van der Waals surface area contributed by atoms with Crippen LogP contribution < -0.4 is 5.73 Å². The van der Waals surface area contributed by atoms with Crippen molar-refractivity contribution in [2.45, 2.75) is 20.3 Å². The Bertz CT molecular complexity index is 112. The van der Waals surface area contributed by atoms with Crippen LogP contribution in [0.1, 0.15) is 20.3 Å². The van der Waals surface area contributed by atoms with Gasteiger partial charge in [-0.05, 0) is 13.3 Å². The molecular weight excluding hydrogens is 102 g/mol. The van der Waals surface area contributed by atoms with Gasteiger partial charge in [0, 0.05) is 11.3 Å². The Kier molecular flexibility index (Phi) is 2.92. The van der Waals surface area contributed by atoms with Gasteiger partial charge in [-0.3, -0.25) is 4.79 Å². The SMILES string of the molecule is CC/C(C=O)=C(/C)N. The average Bonchev–Trinajstić information content (AvgIpc) is 1.69. The standard InChI is InChI=1S/C6H11NO/c1-3-6(4-8)5(2)7/h4H,3,7H2,1-2H3/b6-5+. The van der Waals surface area contributed by atoms with Gasteiger partial charge >= 0.3 is 0 Å². The highest BCUT2D eigenvalue weighted by Crippen LogP contribution is 1.97. The maximum atomic E-state index is 10.0. The summed E-state index contributed by atoms with van der Waals surface area (Å²) >= 11 is 0. The highest BCUT2D eigenvalue weighted by Gasteiger charge is 1.91. The van der Waals surface area contributed by atoms with E-state index >= 15 is 0 Å². The van der Waals surface area contributed by atoms with Crippen LogP contribution in [0.3, 0.4) is 0 Å². The first-order valence-corrected chi connectivity index (χ1v) is 2.62. The molecule has 0 aliphatic rings. The van der Waals surface area contributed by atoms with Gasteiger partial charge in [0.1, 0.15) is 6.29 Å². The van der Waals surface area contributed by atoms with Crippen molar-refractivity contribution >= 4 is 6.29 Å². The van der Waals surface area contributed by atoms with E-state index < -0.39 is 0 Å². The zero-order chi connectivity index (χ0) is 6.57. The maximum absolute atomic E-state index is 10.0. The molecule has 46 valence electrons. The van der Waals surface area contributed by atoms with Crippen LogP contribution in [0.5, 0.6) is 0 Å². The molecule has 0 fully saturated rings. The van der Waals surface area contributed by atoms with Gasteiger partial charge < -0.3 is 5.73 Å². The monoisotopic (exact) mass is 113 g/mol. The summed E-state index contributed by atoms with van der Waals surface area (Å²) < 4.78 is 0. The summed E-state index contributed by atoms with van der Waals surface area (Å²) in [5.74, 6) is 0. The van der Waals surface area contributed by atoms with Crippen molar-refractivity contribution in [2.24, 2.45) is 5.73 Å². The summed E-state index contributed by atoms with van der Waals surface area (Å²) in [4.78, 5) is 10.0. The van der Waals surface area contributed by atoms with E-state index in [9.17, 15) is 4.79 Å². The lowest BCUT2D eigenvalue weighted by molar-refractivity contribution is -0.105. The number of carbonyl (C=O) groups excluding carboxylic acids is 1. The molecule has 0 amide bonds. The molecule has 8 heavy (non-hydrogen) atoms. The van der Waals surface area contributed by atoms with Gasteiger partial charge in [0.05, 0.1) is 0 Å². The number of aldehydes is 1. The summed E-state index contributed by atoms with van der Waals surface area (Å²) in [6.45, 7) is 3.63. The highest BCUT2D eigenvalue weighted by atomic mass is 16.1. The minimum Gasteiger partial charge on any atom is -0.402 e. The van der Waals surface area contributed by atoms with Gasteiger partial charge in [-0.1, -0.05) is 6.92 Å². The summed E-state index contributed by atoms with van der Waals surface area (Å²) in [6, 6.07) is 0. The third-order valence-corrected chi connectivity index (χ3v) is 1.03. The van der Waals surface area contributed by atoms with Crippen LogP contribution >= 0.6 is 0 Å². The Hall–Kier alpha value is -0.790. The summed E-state index contributed by atoms with van der Waals surface area (Å²) in [6.07, 6.45) is 1.53. The molecule has 0 atom stereocenters. The largest absolute Gasteiger partial charge is 0.402 e. The molecule has 2 nitrogen and oxygen atoms in total. The Morgan fingerprint density at radius 1 is 1.75 bits per heavy atom. The first kappa shape index (κ1) is 7.21. The van der Waals surface area contributed by atoms with Crippen LogP contribution in [0.15, 0.2) is 11.3 Å². The molecule has 0 aliphatic carbocycles. The first-order valence-electron chi connectivity index (χ1n) is 2.62. The summed E-state index contributed by atoms with van der Waals surface area (Å²) in [5.41, 5.74) is 6.63. The number of allylic oxidation sites excluding steroid dienone is 2. The van der Waals surface area contributed by atoms with E-state index in [1.807, 2.05) is 6.92 Å². The second kappa shape index (κ2) is 3.24. The van der Waals surface area contributed by atoms with Gasteiger partial charge in [-0.2, -0.15) is 0 Å². The normalized spacial score (nSPS) is 12.8. The molecule has 0 aromatic rings. The van der Waals surface area contributed by atoms with Crippen molar-refractivity contribution in [3.8, 4) is 0 Å². The molecule has 2 heteroatoms. The van der Waals surface area contributed by atoms with Crippen LogP contribution in [-0.2, 0) is 4.79 Å². The Balaban J connectivity index is 4.07. The number of hydrogen-bond acceptors (Lipinski definition) is 2. The highest BCUT2D eigenvalue weighted by molar-refractivity contribution is 5.73. The number of nitrogens with two attached hydrogens (primary N) is 1. The van der Waals surface area contributed by atoms with Gasteiger partial charge in [-0.15, -0.1) is 0 Å². The third kappa shape index (κ3) is 1.78. The third-order valence-electron chi connectivity index (χ3n) is 1.03. The molecule has 0 aromatic heterocycles. The molecule has 0 radical (unpaired) electrons. The van der Waals surface area contributed by atoms with E-state index in [-0.39, 0.29) is 0 Å². The molecule has 0 saturated heterocycles. The van der Waals surface area contributed by atoms with E-state index in [0.29, 0.717) is 11.3 Å². The predicted molar refractivity (Wildman–Crippen MR) is 33.2 cm³/mol. The first-order chi connectivity index (χ1) is 3.72. The lowest BCUT2D eigenvalue weighted by atomic mass is 10.2. The molecule has 2 N–H and O–H groups in total. The van der Waals surface area contributed by atoms with E-state index in [1.54, 1.807) is 6.92 Å². The molecule has 0 spiro atoms. The molecular formula is C6H11NO. The lowest BCUT2D eigenvalue weighted by Crippen LogP contribution is -1.97. The maximum Gasteiger partial charge on any atom is 0.147 e. The summed E-state index contributed by atoms with van der Waals surface area (Å²) in [5, 5.41) is 0. The van der Waals surface area contributed by atoms with Crippen molar-refractivity contribution in [1.82, 2.24) is 0 Å². The number of carbonyl (C=O) groups is 1. The Morgan fingerprint density at radius 3 is 2.25 bits per heavy atom. The van der Waals surface area contributed by atoms with E-state index in [0.717, 1.165) is 12.7 Å². The predicted octanol–water partition coefficient (Wildman–Crippen LogP) is 0.828. The quantitative estimate of drug-likeness (QED) is 0.425. The summed E-state index contributed by atoms with van der Waals surface area (Å²) in [7, 11) is 0. The van der Waals surface area contributed by atoms with Gasteiger partial charge in [0.2, 0.25) is 0 Å². The van der Waals surface area contributed by atoms with E-state index in [4.69, 9.17) is 5.73 Å². The van der Waals surface area contributed by atoms with Crippen LogP contribution in [-0.4, -0.2) is 6.29 Å². The van der Waals surface area contributed by atoms with Crippen molar-refractivity contribution in [3.05, 3.63) is 11.3 Å². The number of rotatable bonds is 2. The van der Waals surface area contributed by atoms with E-state index in [1.165, 1.54) is 0 Å². The van der Waals surface area contributed by atoms with Crippen molar-refractivity contribution in [3.63, 3.8) is 0 Å². The van der Waals surface area contributed by atoms with Crippen molar-refractivity contribution < 1.29 is 4.79 Å². The Labute approximate surface area is 49.4 Å². The zero-order valence-electron chi connectivity index (χ0n) is 5.27. The fraction of sp³-hybridized carbons (Fsp3) is 0.500. The van der Waals surface area contributed by atoms with Gasteiger partial charge in [0.25, 0.3) is 0 Å². The topological polar surface area (TPSA) is 43.1 Å². The van der Waals surface area contributed by atoms with Crippen LogP contribution in [0, 0.1) is 0 Å². The molecule has 0 saturated carbocycles. The van der Waals surface area contributed by atoms with Crippen LogP contribution in [0.4, 0.5) is 0 Å². The van der Waals surface area contributed by atoms with E-state index in [2.05, 4.69) is 0 Å². The second-order valence-electron chi connectivity index (χ2n) is 1.68. The minimum absolute atomic E-state index is 0.627. The van der Waals surface area contributed by atoms with Gasteiger partial charge in [-0.25, -0.2) is 0 Å². The van der Waals surface area contributed by atoms with Crippen LogP contribution in [0.2, 0.25) is 0 Å². The molecule has 0 bridgehead atoms. The van der Waals surface area contributed by atoms with Gasteiger partial charge in [0.15, 0.2) is 0 Å². The Morgan fingerprint density at radius 2 is 2.25 bits per heavy atom. The molecule has 0 unspecified atom stereocenters. The van der Waals surface area contributed by atoms with Crippen LogP contribution in [0.25, 0.3) is 0 Å². The lowest BCUT2D eigenvalue weighted by Gasteiger charge is -1.93. The fourth-order valence-electron chi connectivity index (χ4n) is 0.455. The second-order valence-corrected chi connectivity index (χ2v) is 1.68. The molecule has 0 aromatic carbocycles. The molecule has 0 aliphatic heterocycles. The number of hydrogen-bond donors (Lipinski definition) is 1. The molecule has 0 heterocycles. The minimum atomic E-state index is 0.627. The fourth-order valence-corrected chi connectivity index (χ4v) is 0.455.